The van der Waals surface area contributed by atoms with E-state index in [0.29, 0.717) is 25.9 Å². The quantitative estimate of drug-likeness (QED) is 0.739. The lowest BCUT2D eigenvalue weighted by Gasteiger charge is -2.27. The minimum atomic E-state index is -4.23. The number of hydrogen-bond donors (Lipinski definition) is 1. The molecule has 2 N–H and O–H groups in total. The van der Waals surface area contributed by atoms with E-state index in [4.69, 9.17) is 5.84 Å². The predicted molar refractivity (Wildman–Crippen MR) is 48.8 cm³/mol. The summed E-state index contributed by atoms with van der Waals surface area (Å²) in [5, 5.41) is 1.59. The summed E-state index contributed by atoms with van der Waals surface area (Å²) < 4.78 is 35.6. The molecule has 3 nitrogen and oxygen atoms in total. The maximum absolute atomic E-state index is 11.9. The number of carbonyl (C=O) groups is 1. The number of hydrogen-bond acceptors (Lipinski definition) is 3. The molecule has 0 bridgehead atoms. The maximum Gasteiger partial charge on any atom is 0.389 e. The number of carbonyl (C=O) groups excluding carboxylic acids is 1. The highest BCUT2D eigenvalue weighted by Gasteiger charge is 2.30. The van der Waals surface area contributed by atoms with Gasteiger partial charge in [-0.1, -0.05) is 0 Å². The van der Waals surface area contributed by atoms with E-state index >= 15 is 0 Å². The van der Waals surface area contributed by atoms with Gasteiger partial charge in [-0.2, -0.15) is 13.2 Å². The van der Waals surface area contributed by atoms with Crippen molar-refractivity contribution in [2.24, 2.45) is 11.8 Å². The van der Waals surface area contributed by atoms with Crippen molar-refractivity contribution in [3.8, 4) is 0 Å². The molecule has 88 valence electrons. The molecule has 1 aliphatic rings. The van der Waals surface area contributed by atoms with Gasteiger partial charge in [0.15, 0.2) is 0 Å². The number of piperidine rings is 1. The summed E-state index contributed by atoms with van der Waals surface area (Å²) in [7, 11) is 0. The molecule has 0 amide bonds. The van der Waals surface area contributed by atoms with Crippen molar-refractivity contribution < 1.29 is 18.0 Å². The second-order valence-corrected chi connectivity index (χ2v) is 3.89. The van der Waals surface area contributed by atoms with Crippen molar-refractivity contribution in [3.63, 3.8) is 0 Å². The fourth-order valence-corrected chi connectivity index (χ4v) is 1.69. The number of nitrogens with zero attached hydrogens (tertiary/aromatic N) is 1. The molecule has 0 aliphatic carbocycles. The number of hydrazine groups is 1. The van der Waals surface area contributed by atoms with Gasteiger partial charge in [-0.15, -0.1) is 0 Å². The van der Waals surface area contributed by atoms with E-state index < -0.39 is 19.0 Å². The summed E-state index contributed by atoms with van der Waals surface area (Å²) in [6.45, 7) is 1.17. The molecule has 1 aliphatic heterocycles. The highest BCUT2D eigenvalue weighted by Crippen LogP contribution is 2.25. The Balaban J connectivity index is 2.29. The third-order valence-electron chi connectivity index (χ3n) is 2.64. The summed E-state index contributed by atoms with van der Waals surface area (Å²) >= 11 is 0. The maximum atomic E-state index is 11.9. The first kappa shape index (κ1) is 12.4. The molecular weight excluding hydrogens is 209 g/mol. The summed E-state index contributed by atoms with van der Waals surface area (Å²) in [5.41, 5.74) is 0. The van der Waals surface area contributed by atoms with Crippen LogP contribution in [-0.2, 0) is 4.79 Å². The monoisotopic (exact) mass is 224 g/mol. The molecule has 0 aromatic rings. The zero-order valence-electron chi connectivity index (χ0n) is 8.39. The van der Waals surface area contributed by atoms with Gasteiger partial charge in [0.1, 0.15) is 5.78 Å². The van der Waals surface area contributed by atoms with Gasteiger partial charge in [0.25, 0.3) is 0 Å². The Labute approximate surface area is 86.4 Å². The average Bonchev–Trinajstić information content (AvgIpc) is 2.14. The average molecular weight is 224 g/mol. The summed E-state index contributed by atoms with van der Waals surface area (Å²) in [6, 6.07) is 0. The molecule has 1 fully saturated rings. The Hall–Kier alpha value is -0.620. The van der Waals surface area contributed by atoms with Gasteiger partial charge >= 0.3 is 6.18 Å². The van der Waals surface area contributed by atoms with E-state index in [2.05, 4.69) is 0 Å². The van der Waals surface area contributed by atoms with Gasteiger partial charge in [-0.05, 0) is 12.8 Å². The first-order chi connectivity index (χ1) is 6.88. The Bertz CT molecular complexity index is 222. The van der Waals surface area contributed by atoms with E-state index in [1.165, 1.54) is 0 Å². The van der Waals surface area contributed by atoms with Gasteiger partial charge in [0, 0.05) is 25.4 Å². The van der Waals surface area contributed by atoms with E-state index in [1.54, 1.807) is 5.01 Å². The first-order valence-electron chi connectivity index (χ1n) is 4.97. The van der Waals surface area contributed by atoms with Gasteiger partial charge in [-0.3, -0.25) is 10.6 Å². The molecule has 1 saturated heterocycles. The van der Waals surface area contributed by atoms with E-state index in [-0.39, 0.29) is 11.7 Å². The number of halogens is 3. The van der Waals surface area contributed by atoms with Crippen molar-refractivity contribution in [1.82, 2.24) is 5.01 Å². The Kier molecular flexibility index (Phi) is 4.10. The number of ketones is 1. The largest absolute Gasteiger partial charge is 0.389 e. The topological polar surface area (TPSA) is 46.3 Å². The first-order valence-corrected chi connectivity index (χ1v) is 4.97. The molecule has 15 heavy (non-hydrogen) atoms. The zero-order chi connectivity index (χ0) is 11.5. The van der Waals surface area contributed by atoms with Gasteiger partial charge in [0.2, 0.25) is 0 Å². The van der Waals surface area contributed by atoms with Crippen LogP contribution >= 0.6 is 0 Å². The van der Waals surface area contributed by atoms with Crippen LogP contribution in [0, 0.1) is 5.92 Å². The van der Waals surface area contributed by atoms with Crippen LogP contribution in [-0.4, -0.2) is 30.1 Å². The number of nitrogens with two attached hydrogens (primary N) is 1. The molecule has 0 saturated carbocycles. The SMILES string of the molecule is NN1CCC(C(=O)CCC(F)(F)F)CC1. The molecule has 1 heterocycles. The van der Waals surface area contributed by atoms with E-state index in [0.717, 1.165) is 0 Å². The molecule has 0 aromatic heterocycles. The van der Waals surface area contributed by atoms with Gasteiger partial charge < -0.3 is 0 Å². The summed E-state index contributed by atoms with van der Waals surface area (Å²) in [5.74, 6) is 4.98. The van der Waals surface area contributed by atoms with E-state index in [1.807, 2.05) is 0 Å². The van der Waals surface area contributed by atoms with Crippen LogP contribution in [0.1, 0.15) is 25.7 Å². The second kappa shape index (κ2) is 4.94. The Morgan fingerprint density at radius 3 is 2.33 bits per heavy atom. The van der Waals surface area contributed by atoms with Gasteiger partial charge in [0.05, 0.1) is 6.42 Å². The van der Waals surface area contributed by atoms with Crippen LogP contribution in [0.3, 0.4) is 0 Å². The van der Waals surface area contributed by atoms with Crippen LogP contribution in [0.5, 0.6) is 0 Å². The third kappa shape index (κ3) is 4.61. The van der Waals surface area contributed by atoms with Crippen molar-refractivity contribution in [1.29, 1.82) is 0 Å². The Morgan fingerprint density at radius 2 is 1.87 bits per heavy atom. The van der Waals surface area contributed by atoms with Crippen LogP contribution in [0.4, 0.5) is 13.2 Å². The molecular formula is C9H15F3N2O. The fourth-order valence-electron chi connectivity index (χ4n) is 1.69. The lowest BCUT2D eigenvalue weighted by Crippen LogP contribution is -2.40. The molecule has 0 unspecified atom stereocenters. The predicted octanol–water partition coefficient (Wildman–Crippen LogP) is 1.48. The minimum absolute atomic E-state index is 0.229. The van der Waals surface area contributed by atoms with Crippen LogP contribution in [0.25, 0.3) is 0 Å². The molecule has 0 aromatic carbocycles. The fraction of sp³-hybridized carbons (Fsp3) is 0.889. The van der Waals surface area contributed by atoms with E-state index in [9.17, 15) is 18.0 Å². The second-order valence-electron chi connectivity index (χ2n) is 3.89. The summed E-state index contributed by atoms with van der Waals surface area (Å²) in [6.07, 6.45) is -4.47. The number of alkyl halides is 3. The molecule has 0 atom stereocenters. The molecule has 0 spiro atoms. The van der Waals surface area contributed by atoms with Crippen LogP contribution in [0.2, 0.25) is 0 Å². The lowest BCUT2D eigenvalue weighted by molar-refractivity contribution is -0.145. The number of rotatable bonds is 3. The van der Waals surface area contributed by atoms with Crippen molar-refractivity contribution >= 4 is 5.78 Å². The molecule has 1 rings (SSSR count). The van der Waals surface area contributed by atoms with Crippen LogP contribution < -0.4 is 5.84 Å². The highest BCUT2D eigenvalue weighted by atomic mass is 19.4. The number of Topliss-reactive ketones (excluding diaryl/α,β-unsaturated/α-hetero) is 1. The highest BCUT2D eigenvalue weighted by molar-refractivity contribution is 5.81. The zero-order valence-corrected chi connectivity index (χ0v) is 8.39. The van der Waals surface area contributed by atoms with Crippen molar-refractivity contribution in [3.05, 3.63) is 0 Å². The third-order valence-corrected chi connectivity index (χ3v) is 2.64. The summed E-state index contributed by atoms with van der Waals surface area (Å²) in [4.78, 5) is 11.4. The molecule has 0 radical (unpaired) electrons. The normalized spacial score (nSPS) is 20.5. The Morgan fingerprint density at radius 1 is 1.33 bits per heavy atom. The minimum Gasteiger partial charge on any atom is -0.299 e. The lowest BCUT2D eigenvalue weighted by atomic mass is 9.91. The smallest absolute Gasteiger partial charge is 0.299 e. The van der Waals surface area contributed by atoms with Crippen molar-refractivity contribution in [2.75, 3.05) is 13.1 Å². The standard InChI is InChI=1S/C9H15F3N2O/c10-9(11,12)4-1-8(15)7-2-5-14(13)6-3-7/h7H,1-6,13H2. The molecule has 6 heteroatoms. The van der Waals surface area contributed by atoms with Crippen LogP contribution in [0.15, 0.2) is 0 Å². The van der Waals surface area contributed by atoms with Crippen molar-refractivity contribution in [2.45, 2.75) is 31.9 Å². The van der Waals surface area contributed by atoms with Gasteiger partial charge in [-0.25, -0.2) is 5.01 Å².